The van der Waals surface area contributed by atoms with Gasteiger partial charge in [-0.25, -0.2) is 14.0 Å². The third kappa shape index (κ3) is 1.82. The molecule has 0 atom stereocenters. The van der Waals surface area contributed by atoms with Gasteiger partial charge in [-0.3, -0.25) is 4.57 Å². The zero-order valence-electron chi connectivity index (χ0n) is 9.19. The smallest absolute Gasteiger partial charge is 0.270 e. The predicted octanol–water partition coefficient (Wildman–Crippen LogP) is 1.17. The first-order valence-corrected chi connectivity index (χ1v) is 6.16. The van der Waals surface area contributed by atoms with Crippen LogP contribution in [0.25, 0.3) is 0 Å². The molecule has 1 aliphatic heterocycles. The Balaban J connectivity index is 2.75. The zero-order chi connectivity index (χ0) is 10.2. The van der Waals surface area contributed by atoms with Crippen LogP contribution in [0.2, 0.25) is 0 Å². The van der Waals surface area contributed by atoms with Crippen molar-refractivity contribution in [1.82, 2.24) is 14.0 Å². The van der Waals surface area contributed by atoms with Crippen LogP contribution in [-0.2, 0) is 4.57 Å². The summed E-state index contributed by atoms with van der Waals surface area (Å²) in [7, 11) is 5.11. The van der Waals surface area contributed by atoms with E-state index in [0.29, 0.717) is 5.92 Å². The molecular formula is C8H20N3OP. The number of hydrogen-bond donors (Lipinski definition) is 0. The Morgan fingerprint density at radius 2 is 1.54 bits per heavy atom. The fourth-order valence-electron chi connectivity index (χ4n) is 1.74. The molecule has 1 fully saturated rings. The van der Waals surface area contributed by atoms with Crippen molar-refractivity contribution in [1.29, 1.82) is 0 Å². The molecule has 0 aliphatic carbocycles. The molecule has 0 amide bonds. The van der Waals surface area contributed by atoms with Crippen molar-refractivity contribution in [2.45, 2.75) is 6.92 Å². The molecule has 0 saturated carbocycles. The lowest BCUT2D eigenvalue weighted by molar-refractivity contribution is 0.187. The molecule has 1 aliphatic rings. The van der Waals surface area contributed by atoms with E-state index in [1.54, 1.807) is 0 Å². The van der Waals surface area contributed by atoms with Crippen molar-refractivity contribution in [3.8, 4) is 0 Å². The summed E-state index contributed by atoms with van der Waals surface area (Å²) < 4.78 is 18.2. The third-order valence-corrected chi connectivity index (χ3v) is 5.60. The molecule has 13 heavy (non-hydrogen) atoms. The lowest BCUT2D eigenvalue weighted by atomic mass is 10.1. The molecule has 0 radical (unpaired) electrons. The summed E-state index contributed by atoms with van der Waals surface area (Å²) in [5.41, 5.74) is 0. The topological polar surface area (TPSA) is 26.8 Å². The molecular weight excluding hydrogens is 185 g/mol. The second kappa shape index (κ2) is 3.70. The van der Waals surface area contributed by atoms with Crippen molar-refractivity contribution in [3.05, 3.63) is 0 Å². The molecule has 4 nitrogen and oxygen atoms in total. The van der Waals surface area contributed by atoms with Crippen molar-refractivity contribution >= 4 is 7.59 Å². The summed E-state index contributed by atoms with van der Waals surface area (Å²) >= 11 is 0. The number of hydrogen-bond acceptors (Lipinski definition) is 1. The molecule has 1 saturated heterocycles. The second-order valence-electron chi connectivity index (χ2n) is 4.18. The zero-order valence-corrected chi connectivity index (χ0v) is 10.1. The molecule has 78 valence electrons. The Morgan fingerprint density at radius 3 is 1.77 bits per heavy atom. The van der Waals surface area contributed by atoms with E-state index in [4.69, 9.17) is 0 Å². The number of rotatable bonds is 3. The minimum absolute atomic E-state index is 0.688. The van der Waals surface area contributed by atoms with Crippen LogP contribution < -0.4 is 0 Å². The van der Waals surface area contributed by atoms with Gasteiger partial charge in [0.2, 0.25) is 0 Å². The SMILES string of the molecule is CC1CN(P(=O)(N(C)C)N(C)C)C1. The van der Waals surface area contributed by atoms with Crippen LogP contribution in [0.1, 0.15) is 6.92 Å². The van der Waals surface area contributed by atoms with Crippen LogP contribution in [0, 0.1) is 5.92 Å². The fourth-order valence-corrected chi connectivity index (χ4v) is 4.45. The minimum Gasteiger partial charge on any atom is -0.270 e. The van der Waals surface area contributed by atoms with E-state index in [2.05, 4.69) is 11.6 Å². The van der Waals surface area contributed by atoms with Gasteiger partial charge in [0.15, 0.2) is 0 Å². The van der Waals surface area contributed by atoms with Gasteiger partial charge in [0.1, 0.15) is 0 Å². The Morgan fingerprint density at radius 1 is 1.15 bits per heavy atom. The highest BCUT2D eigenvalue weighted by Gasteiger charge is 2.41. The van der Waals surface area contributed by atoms with E-state index in [0.717, 1.165) is 13.1 Å². The Labute approximate surface area is 81.0 Å². The van der Waals surface area contributed by atoms with Gasteiger partial charge in [-0.2, -0.15) is 0 Å². The molecule has 0 aromatic rings. The lowest BCUT2D eigenvalue weighted by Crippen LogP contribution is -2.48. The summed E-state index contributed by atoms with van der Waals surface area (Å²) in [5, 5.41) is 0. The summed E-state index contributed by atoms with van der Waals surface area (Å²) in [6.45, 7) is 4.09. The molecule has 1 rings (SSSR count). The minimum atomic E-state index is -2.40. The normalized spacial score (nSPS) is 21.2. The van der Waals surface area contributed by atoms with Crippen LogP contribution in [0.5, 0.6) is 0 Å². The highest BCUT2D eigenvalue weighted by Crippen LogP contribution is 2.55. The quantitative estimate of drug-likeness (QED) is 0.646. The monoisotopic (exact) mass is 205 g/mol. The molecule has 1 heterocycles. The fraction of sp³-hybridized carbons (Fsp3) is 1.00. The highest BCUT2D eigenvalue weighted by molar-refractivity contribution is 7.56. The van der Waals surface area contributed by atoms with Crippen molar-refractivity contribution in [2.24, 2.45) is 5.92 Å². The van der Waals surface area contributed by atoms with Crippen molar-refractivity contribution in [2.75, 3.05) is 41.3 Å². The maximum atomic E-state index is 12.5. The first-order chi connectivity index (χ1) is 5.89. The van der Waals surface area contributed by atoms with Gasteiger partial charge < -0.3 is 0 Å². The maximum Gasteiger partial charge on any atom is 0.285 e. The first-order valence-electron chi connectivity index (χ1n) is 4.60. The first kappa shape index (κ1) is 11.2. The Kier molecular flexibility index (Phi) is 3.18. The lowest BCUT2D eigenvalue weighted by Gasteiger charge is -2.46. The summed E-state index contributed by atoms with van der Waals surface area (Å²) in [4.78, 5) is 0. The average Bonchev–Trinajstić information content (AvgIpc) is 1.96. The molecule has 0 bridgehead atoms. The largest absolute Gasteiger partial charge is 0.285 e. The summed E-state index contributed by atoms with van der Waals surface area (Å²) in [5.74, 6) is 0.688. The van der Waals surface area contributed by atoms with Gasteiger partial charge in [-0.15, -0.1) is 0 Å². The van der Waals surface area contributed by atoms with E-state index in [-0.39, 0.29) is 0 Å². The van der Waals surface area contributed by atoms with Gasteiger partial charge in [-0.1, -0.05) is 6.92 Å². The molecule has 0 N–H and O–H groups in total. The van der Waals surface area contributed by atoms with Gasteiger partial charge >= 0.3 is 0 Å². The van der Waals surface area contributed by atoms with Crippen LogP contribution >= 0.6 is 7.59 Å². The van der Waals surface area contributed by atoms with E-state index < -0.39 is 7.59 Å². The molecule has 0 aromatic heterocycles. The summed E-state index contributed by atoms with van der Waals surface area (Å²) in [6, 6.07) is 0. The standard InChI is InChI=1S/C8H20N3OP/c1-8-6-11(7-8)13(12,9(2)3)10(4)5/h8H,6-7H2,1-5H3. The Hall–Kier alpha value is 0.110. The maximum absolute atomic E-state index is 12.5. The average molecular weight is 205 g/mol. The van der Waals surface area contributed by atoms with Crippen molar-refractivity contribution in [3.63, 3.8) is 0 Å². The van der Waals surface area contributed by atoms with E-state index in [1.807, 2.05) is 37.5 Å². The second-order valence-corrected chi connectivity index (χ2v) is 7.38. The van der Waals surface area contributed by atoms with Crippen LogP contribution in [0.15, 0.2) is 0 Å². The molecule has 5 heteroatoms. The van der Waals surface area contributed by atoms with Crippen LogP contribution in [0.3, 0.4) is 0 Å². The highest BCUT2D eigenvalue weighted by atomic mass is 31.2. The third-order valence-electron chi connectivity index (χ3n) is 2.46. The van der Waals surface area contributed by atoms with E-state index in [9.17, 15) is 4.57 Å². The van der Waals surface area contributed by atoms with Crippen LogP contribution in [0.4, 0.5) is 0 Å². The van der Waals surface area contributed by atoms with Gasteiger partial charge in [0.25, 0.3) is 7.59 Å². The van der Waals surface area contributed by atoms with E-state index in [1.165, 1.54) is 0 Å². The van der Waals surface area contributed by atoms with Gasteiger partial charge in [-0.05, 0) is 34.1 Å². The van der Waals surface area contributed by atoms with E-state index >= 15 is 0 Å². The predicted molar refractivity (Wildman–Crippen MR) is 55.7 cm³/mol. The van der Waals surface area contributed by atoms with Gasteiger partial charge in [0.05, 0.1) is 0 Å². The van der Waals surface area contributed by atoms with Gasteiger partial charge in [0, 0.05) is 13.1 Å². The Bertz CT molecular complexity index is 211. The van der Waals surface area contributed by atoms with Crippen LogP contribution in [-0.4, -0.2) is 55.3 Å². The van der Waals surface area contributed by atoms with Crippen molar-refractivity contribution < 1.29 is 4.57 Å². The number of nitrogens with zero attached hydrogens (tertiary/aromatic N) is 3. The summed E-state index contributed by atoms with van der Waals surface area (Å²) in [6.07, 6.45) is 0. The molecule has 0 aromatic carbocycles. The molecule has 0 spiro atoms. The molecule has 0 unspecified atom stereocenters.